The molecule has 1 aliphatic heterocycles. The fraction of sp³-hybridized carbons (Fsp3) is 0.778. The number of thiol groups is 1. The van der Waals surface area contributed by atoms with Crippen molar-refractivity contribution in [2.75, 3.05) is 20.3 Å². The third-order valence-electron chi connectivity index (χ3n) is 2.54. The second-order valence-electron chi connectivity index (χ2n) is 3.47. The number of hydrogen-bond acceptors (Lipinski definition) is 6. The number of methoxy groups -OCH3 is 1. The van der Waals surface area contributed by atoms with Crippen molar-refractivity contribution in [1.82, 2.24) is 5.32 Å². The smallest absolute Gasteiger partial charge is 0.407 e. The molecule has 1 N–H and O–H groups in total. The monoisotopic (exact) mass is 265 g/mol. The quantitative estimate of drug-likeness (QED) is 0.594. The van der Waals surface area contributed by atoms with Crippen LogP contribution in [0.1, 0.15) is 12.8 Å². The molecule has 1 heterocycles. The van der Waals surface area contributed by atoms with Gasteiger partial charge in [-0.05, 0) is 29.6 Å². The van der Waals surface area contributed by atoms with Crippen molar-refractivity contribution in [1.29, 1.82) is 0 Å². The van der Waals surface area contributed by atoms with Crippen LogP contribution in [-0.2, 0) is 14.3 Å². The summed E-state index contributed by atoms with van der Waals surface area (Å²) in [6.07, 6.45) is 0.927. The summed E-state index contributed by atoms with van der Waals surface area (Å²) in [6.45, 7) is 1.24. The molecule has 0 aromatic rings. The molecule has 5 nitrogen and oxygen atoms in total. The molecule has 0 aromatic heterocycles. The van der Waals surface area contributed by atoms with Gasteiger partial charge in [-0.25, -0.2) is 4.79 Å². The molecule has 0 spiro atoms. The summed E-state index contributed by atoms with van der Waals surface area (Å²) in [5.74, 6) is 0.0972. The van der Waals surface area contributed by atoms with E-state index in [1.807, 2.05) is 0 Å². The standard InChI is InChI=1S/C9H15NO4S2/c1-13-9(12)10-7(8(11)16-15)6-2-4-14-5-3-6/h6-7,15H,2-5H2,1H3,(H,10,12). The van der Waals surface area contributed by atoms with Crippen LogP contribution in [-0.4, -0.2) is 37.6 Å². The van der Waals surface area contributed by atoms with Crippen LogP contribution in [0.2, 0.25) is 0 Å². The van der Waals surface area contributed by atoms with Crippen LogP contribution in [0.5, 0.6) is 0 Å². The van der Waals surface area contributed by atoms with Gasteiger partial charge in [-0.1, -0.05) is 0 Å². The van der Waals surface area contributed by atoms with Crippen molar-refractivity contribution in [3.05, 3.63) is 0 Å². The molecule has 7 heteroatoms. The fourth-order valence-corrected chi connectivity index (χ4v) is 2.37. The van der Waals surface area contributed by atoms with Gasteiger partial charge < -0.3 is 14.8 Å². The van der Waals surface area contributed by atoms with Crippen molar-refractivity contribution in [3.63, 3.8) is 0 Å². The Morgan fingerprint density at radius 1 is 1.50 bits per heavy atom. The van der Waals surface area contributed by atoms with Gasteiger partial charge in [-0.2, -0.15) is 0 Å². The Bertz CT molecular complexity index is 256. The van der Waals surface area contributed by atoms with Crippen LogP contribution in [0.3, 0.4) is 0 Å². The lowest BCUT2D eigenvalue weighted by Crippen LogP contribution is -2.46. The largest absolute Gasteiger partial charge is 0.453 e. The van der Waals surface area contributed by atoms with Gasteiger partial charge in [0.15, 0.2) is 0 Å². The molecule has 1 fully saturated rings. The molecule has 16 heavy (non-hydrogen) atoms. The lowest BCUT2D eigenvalue weighted by atomic mass is 9.92. The van der Waals surface area contributed by atoms with Gasteiger partial charge in [0.05, 0.1) is 7.11 Å². The van der Waals surface area contributed by atoms with E-state index < -0.39 is 12.1 Å². The second-order valence-corrected chi connectivity index (χ2v) is 4.61. The van der Waals surface area contributed by atoms with E-state index >= 15 is 0 Å². The molecule has 0 bridgehead atoms. The summed E-state index contributed by atoms with van der Waals surface area (Å²) in [6, 6.07) is -0.543. The highest BCUT2D eigenvalue weighted by atomic mass is 33.1. The molecule has 92 valence electrons. The fourth-order valence-electron chi connectivity index (χ4n) is 1.66. The minimum absolute atomic E-state index is 0.0972. The normalized spacial score (nSPS) is 18.9. The van der Waals surface area contributed by atoms with Crippen LogP contribution in [0, 0.1) is 5.92 Å². The number of ether oxygens (including phenoxy) is 2. The van der Waals surface area contributed by atoms with Gasteiger partial charge in [-0.15, -0.1) is 11.7 Å². The Hall–Kier alpha value is -0.400. The van der Waals surface area contributed by atoms with Gasteiger partial charge >= 0.3 is 6.09 Å². The SMILES string of the molecule is COC(=O)NC(C(=O)SS)C1CCOCC1. The zero-order valence-electron chi connectivity index (χ0n) is 8.97. The molecule has 1 unspecified atom stereocenters. The summed E-state index contributed by atoms with van der Waals surface area (Å²) in [7, 11) is 2.10. The lowest BCUT2D eigenvalue weighted by molar-refractivity contribution is -0.114. The second kappa shape index (κ2) is 7.03. The van der Waals surface area contributed by atoms with E-state index in [0.29, 0.717) is 13.2 Å². The first-order valence-electron chi connectivity index (χ1n) is 4.96. The molecule has 1 saturated heterocycles. The number of alkyl carbamates (subject to hydrolysis) is 1. The van der Waals surface area contributed by atoms with Gasteiger partial charge in [0.25, 0.3) is 0 Å². The van der Waals surface area contributed by atoms with Crippen molar-refractivity contribution in [3.8, 4) is 0 Å². The number of hydrogen-bond donors (Lipinski definition) is 2. The summed E-state index contributed by atoms with van der Waals surface area (Å²) >= 11 is 3.87. The molecule has 1 amide bonds. The highest BCUT2D eigenvalue weighted by Crippen LogP contribution is 2.23. The predicted octanol–water partition coefficient (Wildman–Crippen LogP) is 1.24. The Morgan fingerprint density at radius 3 is 2.62 bits per heavy atom. The Balaban J connectivity index is 2.61. The van der Waals surface area contributed by atoms with E-state index in [-0.39, 0.29) is 11.0 Å². The minimum Gasteiger partial charge on any atom is -0.453 e. The summed E-state index contributed by atoms with van der Waals surface area (Å²) in [5, 5.41) is 2.39. The van der Waals surface area contributed by atoms with Crippen LogP contribution in [0.15, 0.2) is 0 Å². The van der Waals surface area contributed by atoms with Crippen LogP contribution >= 0.6 is 22.5 Å². The van der Waals surface area contributed by atoms with E-state index in [9.17, 15) is 9.59 Å². The molecule has 1 rings (SSSR count). The Labute approximate surface area is 103 Å². The molecule has 0 aliphatic carbocycles. The number of carbonyl (C=O) groups excluding carboxylic acids is 2. The van der Waals surface area contributed by atoms with Crippen LogP contribution in [0.4, 0.5) is 4.79 Å². The number of nitrogens with one attached hydrogen (secondary N) is 1. The van der Waals surface area contributed by atoms with Crippen LogP contribution < -0.4 is 5.32 Å². The van der Waals surface area contributed by atoms with E-state index in [1.54, 1.807) is 0 Å². The molecule has 0 saturated carbocycles. The predicted molar refractivity (Wildman–Crippen MR) is 64.5 cm³/mol. The van der Waals surface area contributed by atoms with Gasteiger partial charge in [0.1, 0.15) is 6.04 Å². The maximum Gasteiger partial charge on any atom is 0.407 e. The maximum absolute atomic E-state index is 11.6. The average Bonchev–Trinajstić information content (AvgIpc) is 2.35. The first kappa shape index (κ1) is 13.7. The van der Waals surface area contributed by atoms with Gasteiger partial charge in [0.2, 0.25) is 5.12 Å². The first-order chi connectivity index (χ1) is 7.69. The van der Waals surface area contributed by atoms with E-state index in [0.717, 1.165) is 23.6 Å². The molecule has 0 radical (unpaired) electrons. The van der Waals surface area contributed by atoms with Gasteiger partial charge in [-0.3, -0.25) is 4.79 Å². The highest BCUT2D eigenvalue weighted by molar-refractivity contribution is 8.74. The molecular weight excluding hydrogens is 250 g/mol. The van der Waals surface area contributed by atoms with Crippen molar-refractivity contribution in [2.24, 2.45) is 5.92 Å². The number of rotatable bonds is 3. The molecule has 1 aliphatic rings. The average molecular weight is 265 g/mol. The molecular formula is C9H15NO4S2. The van der Waals surface area contributed by atoms with Crippen molar-refractivity contribution < 1.29 is 19.1 Å². The summed E-state index contributed by atoms with van der Waals surface area (Å²) in [4.78, 5) is 22.8. The minimum atomic E-state index is -0.591. The van der Waals surface area contributed by atoms with E-state index in [2.05, 4.69) is 21.7 Å². The zero-order valence-corrected chi connectivity index (χ0v) is 10.7. The molecule has 1 atom stereocenters. The number of amides is 1. The summed E-state index contributed by atoms with van der Waals surface area (Å²) in [5.41, 5.74) is 0. The van der Waals surface area contributed by atoms with Crippen molar-refractivity contribution >= 4 is 33.7 Å². The molecule has 0 aromatic carbocycles. The summed E-state index contributed by atoms with van der Waals surface area (Å²) < 4.78 is 9.71. The topological polar surface area (TPSA) is 64.6 Å². The maximum atomic E-state index is 11.6. The number of carbonyl (C=O) groups is 2. The van der Waals surface area contributed by atoms with Gasteiger partial charge in [0, 0.05) is 13.2 Å². The lowest BCUT2D eigenvalue weighted by Gasteiger charge is -2.28. The Morgan fingerprint density at radius 2 is 2.12 bits per heavy atom. The van der Waals surface area contributed by atoms with E-state index in [1.165, 1.54) is 7.11 Å². The Kier molecular flexibility index (Phi) is 6.00. The third kappa shape index (κ3) is 3.88. The third-order valence-corrected chi connectivity index (χ3v) is 3.51. The highest BCUT2D eigenvalue weighted by Gasteiger charge is 2.31. The van der Waals surface area contributed by atoms with E-state index in [4.69, 9.17) is 4.74 Å². The van der Waals surface area contributed by atoms with Crippen LogP contribution in [0.25, 0.3) is 0 Å². The first-order valence-corrected chi connectivity index (χ1v) is 6.83. The zero-order chi connectivity index (χ0) is 12.0. The van der Waals surface area contributed by atoms with Crippen molar-refractivity contribution in [2.45, 2.75) is 18.9 Å².